The van der Waals surface area contributed by atoms with Crippen LogP contribution in [-0.2, 0) is 6.42 Å². The standard InChI is InChI=1S/C13H22N2OS/c1-8(2)9(3)15(4)13-14-10-6-5-7-11(16)12(10)17-13/h8-9,11,16H,5-7H2,1-4H3. The Bertz CT molecular complexity index is 389. The predicted molar refractivity (Wildman–Crippen MR) is 72.7 cm³/mol. The highest BCUT2D eigenvalue weighted by Gasteiger charge is 2.25. The number of rotatable bonds is 3. The van der Waals surface area contributed by atoms with Gasteiger partial charge in [-0.1, -0.05) is 25.2 Å². The quantitative estimate of drug-likeness (QED) is 0.901. The minimum atomic E-state index is -0.284. The van der Waals surface area contributed by atoms with E-state index in [-0.39, 0.29) is 6.10 Å². The summed E-state index contributed by atoms with van der Waals surface area (Å²) in [5.41, 5.74) is 1.12. The van der Waals surface area contributed by atoms with Crippen molar-refractivity contribution >= 4 is 16.5 Å². The summed E-state index contributed by atoms with van der Waals surface area (Å²) in [4.78, 5) is 8.02. The first-order valence-corrected chi connectivity index (χ1v) is 7.23. The van der Waals surface area contributed by atoms with Gasteiger partial charge in [-0.2, -0.15) is 0 Å². The zero-order chi connectivity index (χ0) is 12.6. The highest BCUT2D eigenvalue weighted by atomic mass is 32.1. The van der Waals surface area contributed by atoms with E-state index in [4.69, 9.17) is 0 Å². The van der Waals surface area contributed by atoms with E-state index < -0.39 is 0 Å². The van der Waals surface area contributed by atoms with Crippen LogP contribution in [0.15, 0.2) is 0 Å². The van der Waals surface area contributed by atoms with Crippen LogP contribution in [0.4, 0.5) is 5.13 Å². The molecule has 1 aromatic heterocycles. The van der Waals surface area contributed by atoms with Gasteiger partial charge in [-0.25, -0.2) is 4.98 Å². The largest absolute Gasteiger partial charge is 0.388 e. The highest BCUT2D eigenvalue weighted by molar-refractivity contribution is 7.15. The molecule has 1 heterocycles. The van der Waals surface area contributed by atoms with Gasteiger partial charge in [-0.05, 0) is 32.1 Å². The van der Waals surface area contributed by atoms with Crippen molar-refractivity contribution < 1.29 is 5.11 Å². The topological polar surface area (TPSA) is 36.4 Å². The summed E-state index contributed by atoms with van der Waals surface area (Å²) in [6.45, 7) is 6.68. The molecule has 1 N–H and O–H groups in total. The number of thiazole rings is 1. The second-order valence-electron chi connectivity index (χ2n) is 5.31. The Hall–Kier alpha value is -0.610. The van der Waals surface area contributed by atoms with Crippen LogP contribution < -0.4 is 4.90 Å². The van der Waals surface area contributed by atoms with Gasteiger partial charge in [0.05, 0.1) is 16.7 Å². The Balaban J connectivity index is 2.23. The maximum atomic E-state index is 9.96. The zero-order valence-corrected chi connectivity index (χ0v) is 11.9. The van der Waals surface area contributed by atoms with Gasteiger partial charge >= 0.3 is 0 Å². The third kappa shape index (κ3) is 2.47. The molecule has 2 rings (SSSR count). The van der Waals surface area contributed by atoms with Crippen molar-refractivity contribution in [1.29, 1.82) is 0 Å². The van der Waals surface area contributed by atoms with E-state index in [1.165, 1.54) is 0 Å². The van der Waals surface area contributed by atoms with Crippen LogP contribution in [0.1, 0.15) is 50.3 Å². The lowest BCUT2D eigenvalue weighted by molar-refractivity contribution is 0.160. The van der Waals surface area contributed by atoms with E-state index in [2.05, 4.69) is 37.7 Å². The fraction of sp³-hybridized carbons (Fsp3) is 0.769. The molecular formula is C13H22N2OS. The Morgan fingerprint density at radius 2 is 2.12 bits per heavy atom. The number of aliphatic hydroxyl groups is 1. The average molecular weight is 254 g/mol. The summed E-state index contributed by atoms with van der Waals surface area (Å²) in [7, 11) is 2.10. The van der Waals surface area contributed by atoms with Gasteiger partial charge in [0.15, 0.2) is 5.13 Å². The fourth-order valence-electron chi connectivity index (χ4n) is 2.16. The monoisotopic (exact) mass is 254 g/mol. The molecule has 4 heteroatoms. The van der Waals surface area contributed by atoms with Gasteiger partial charge in [-0.3, -0.25) is 0 Å². The van der Waals surface area contributed by atoms with Crippen LogP contribution in [0.3, 0.4) is 0 Å². The van der Waals surface area contributed by atoms with Crippen molar-refractivity contribution in [2.75, 3.05) is 11.9 Å². The predicted octanol–water partition coefficient (Wildman–Crippen LogP) is 2.99. The van der Waals surface area contributed by atoms with Gasteiger partial charge in [0.25, 0.3) is 0 Å². The Morgan fingerprint density at radius 3 is 2.71 bits per heavy atom. The minimum absolute atomic E-state index is 0.284. The normalized spacial score (nSPS) is 21.4. The third-order valence-corrected chi connectivity index (χ3v) is 5.08. The molecule has 1 aliphatic rings. The Morgan fingerprint density at radius 1 is 1.41 bits per heavy atom. The lowest BCUT2D eigenvalue weighted by Gasteiger charge is -2.27. The van der Waals surface area contributed by atoms with E-state index in [0.29, 0.717) is 12.0 Å². The van der Waals surface area contributed by atoms with Crippen molar-refractivity contribution in [2.24, 2.45) is 5.92 Å². The SMILES string of the molecule is CC(C)C(C)N(C)c1nc2c(s1)C(O)CCC2. The molecule has 1 aromatic rings. The number of aliphatic hydroxyl groups excluding tert-OH is 1. The maximum Gasteiger partial charge on any atom is 0.185 e. The van der Waals surface area contributed by atoms with E-state index in [1.54, 1.807) is 11.3 Å². The molecule has 0 saturated carbocycles. The number of anilines is 1. The average Bonchev–Trinajstić information content (AvgIpc) is 2.72. The van der Waals surface area contributed by atoms with Gasteiger partial charge in [0.2, 0.25) is 0 Å². The summed E-state index contributed by atoms with van der Waals surface area (Å²) in [5.74, 6) is 0.603. The lowest BCUT2D eigenvalue weighted by atomic mass is 10.0. The second-order valence-corrected chi connectivity index (χ2v) is 6.32. The molecule has 0 bridgehead atoms. The Labute approximate surface area is 107 Å². The molecule has 96 valence electrons. The number of nitrogens with zero attached hydrogens (tertiary/aromatic N) is 2. The number of aromatic nitrogens is 1. The van der Waals surface area contributed by atoms with E-state index >= 15 is 0 Å². The minimum Gasteiger partial charge on any atom is -0.388 e. The molecule has 0 saturated heterocycles. The molecule has 0 aliphatic heterocycles. The first-order chi connectivity index (χ1) is 8.00. The molecule has 3 nitrogen and oxygen atoms in total. The molecule has 0 fully saturated rings. The summed E-state index contributed by atoms with van der Waals surface area (Å²) >= 11 is 1.66. The Kier molecular flexibility index (Phi) is 3.73. The first-order valence-electron chi connectivity index (χ1n) is 6.41. The zero-order valence-electron chi connectivity index (χ0n) is 11.1. The highest BCUT2D eigenvalue weighted by Crippen LogP contribution is 2.37. The molecule has 0 amide bonds. The van der Waals surface area contributed by atoms with E-state index in [0.717, 1.165) is 35.0 Å². The van der Waals surface area contributed by atoms with Crippen LogP contribution in [0.25, 0.3) is 0 Å². The summed E-state index contributed by atoms with van der Waals surface area (Å²) < 4.78 is 0. The van der Waals surface area contributed by atoms with Crippen molar-refractivity contribution in [3.8, 4) is 0 Å². The second kappa shape index (κ2) is 4.94. The number of fused-ring (bicyclic) bond motifs is 1. The van der Waals surface area contributed by atoms with Crippen LogP contribution >= 0.6 is 11.3 Å². The lowest BCUT2D eigenvalue weighted by Crippen LogP contribution is -2.33. The number of aryl methyl sites for hydroxylation is 1. The van der Waals surface area contributed by atoms with Crippen molar-refractivity contribution in [2.45, 2.75) is 52.2 Å². The van der Waals surface area contributed by atoms with Crippen molar-refractivity contribution in [3.63, 3.8) is 0 Å². The molecule has 17 heavy (non-hydrogen) atoms. The maximum absolute atomic E-state index is 9.96. The number of hydrogen-bond donors (Lipinski definition) is 1. The van der Waals surface area contributed by atoms with Gasteiger partial charge in [0.1, 0.15) is 0 Å². The van der Waals surface area contributed by atoms with E-state index in [9.17, 15) is 5.11 Å². The van der Waals surface area contributed by atoms with E-state index in [1.807, 2.05) is 0 Å². The van der Waals surface area contributed by atoms with Crippen LogP contribution in [-0.4, -0.2) is 23.2 Å². The summed E-state index contributed by atoms with van der Waals surface area (Å²) in [6, 6.07) is 0.472. The molecule has 1 aliphatic carbocycles. The van der Waals surface area contributed by atoms with Gasteiger partial charge < -0.3 is 10.0 Å². The van der Waals surface area contributed by atoms with Crippen molar-refractivity contribution in [3.05, 3.63) is 10.6 Å². The van der Waals surface area contributed by atoms with Gasteiger partial charge in [-0.15, -0.1) is 0 Å². The molecular weight excluding hydrogens is 232 g/mol. The molecule has 2 unspecified atom stereocenters. The molecule has 0 spiro atoms. The van der Waals surface area contributed by atoms with Crippen LogP contribution in [0, 0.1) is 5.92 Å². The molecule has 0 aromatic carbocycles. The van der Waals surface area contributed by atoms with Crippen molar-refractivity contribution in [1.82, 2.24) is 4.98 Å². The first kappa shape index (κ1) is 12.8. The smallest absolute Gasteiger partial charge is 0.185 e. The van der Waals surface area contributed by atoms with Gasteiger partial charge in [0, 0.05) is 13.1 Å². The van der Waals surface area contributed by atoms with Crippen LogP contribution in [0.5, 0.6) is 0 Å². The molecule has 0 radical (unpaired) electrons. The third-order valence-electron chi connectivity index (χ3n) is 3.79. The van der Waals surface area contributed by atoms with Crippen LogP contribution in [0.2, 0.25) is 0 Å². The summed E-state index contributed by atoms with van der Waals surface area (Å²) in [5, 5.41) is 11.0. The summed E-state index contributed by atoms with van der Waals surface area (Å²) in [6.07, 6.45) is 2.68. The number of hydrogen-bond acceptors (Lipinski definition) is 4. The molecule has 2 atom stereocenters. The fourth-order valence-corrected chi connectivity index (χ4v) is 3.34.